The molecule has 1 heterocycles. The Morgan fingerprint density at radius 1 is 1.40 bits per heavy atom. The van der Waals surface area contributed by atoms with Crippen molar-refractivity contribution in [3.8, 4) is 5.75 Å². The summed E-state index contributed by atoms with van der Waals surface area (Å²) in [4.78, 5) is 4.48. The first kappa shape index (κ1) is 14.6. The van der Waals surface area contributed by atoms with Gasteiger partial charge in [0.1, 0.15) is 11.6 Å². The summed E-state index contributed by atoms with van der Waals surface area (Å²) in [6, 6.07) is 8.44. The second-order valence-corrected chi connectivity index (χ2v) is 4.96. The first-order valence-corrected chi connectivity index (χ1v) is 7.08. The maximum Gasteiger partial charge on any atom is 0.125 e. The van der Waals surface area contributed by atoms with Crippen molar-refractivity contribution in [2.75, 3.05) is 13.7 Å². The van der Waals surface area contributed by atoms with Crippen LogP contribution in [0.5, 0.6) is 5.75 Å². The average molecular weight is 273 g/mol. The highest BCUT2D eigenvalue weighted by molar-refractivity contribution is 5.29. The molecule has 1 unspecified atom stereocenters. The minimum Gasteiger partial charge on any atom is -0.497 e. The Labute approximate surface area is 120 Å². The summed E-state index contributed by atoms with van der Waals surface area (Å²) < 4.78 is 7.37. The van der Waals surface area contributed by atoms with Crippen LogP contribution in [0.3, 0.4) is 0 Å². The van der Waals surface area contributed by atoms with E-state index in [1.54, 1.807) is 7.11 Å². The van der Waals surface area contributed by atoms with E-state index >= 15 is 0 Å². The Kier molecular flexibility index (Phi) is 5.18. The molecule has 2 aromatic rings. The lowest BCUT2D eigenvalue weighted by atomic mass is 10.0. The highest BCUT2D eigenvalue weighted by atomic mass is 16.5. The molecule has 108 valence electrons. The first-order valence-electron chi connectivity index (χ1n) is 7.08. The number of ether oxygens (including phenoxy) is 1. The van der Waals surface area contributed by atoms with Crippen LogP contribution in [-0.2, 0) is 13.5 Å². The van der Waals surface area contributed by atoms with E-state index in [2.05, 4.69) is 33.9 Å². The highest BCUT2D eigenvalue weighted by Gasteiger charge is 2.15. The van der Waals surface area contributed by atoms with Crippen molar-refractivity contribution in [1.82, 2.24) is 14.9 Å². The molecule has 1 N–H and O–H groups in total. The van der Waals surface area contributed by atoms with Crippen LogP contribution in [0.1, 0.15) is 30.8 Å². The molecule has 0 aliphatic heterocycles. The predicted molar refractivity (Wildman–Crippen MR) is 80.9 cm³/mol. The lowest BCUT2D eigenvalue weighted by Gasteiger charge is -2.18. The van der Waals surface area contributed by atoms with E-state index < -0.39 is 0 Å². The molecule has 1 atom stereocenters. The SMILES string of the molecule is CCCNC(Cc1cccc(OC)c1)c1nccn1C. The second-order valence-electron chi connectivity index (χ2n) is 4.96. The molecule has 1 aromatic carbocycles. The Bertz CT molecular complexity index is 536. The van der Waals surface area contributed by atoms with Gasteiger partial charge in [-0.05, 0) is 37.1 Å². The minimum atomic E-state index is 0.224. The second kappa shape index (κ2) is 7.10. The number of imidazole rings is 1. The molecule has 1 aromatic heterocycles. The predicted octanol–water partition coefficient (Wildman–Crippen LogP) is 2.71. The van der Waals surface area contributed by atoms with E-state index in [0.29, 0.717) is 0 Å². The van der Waals surface area contributed by atoms with Gasteiger partial charge in [-0.3, -0.25) is 0 Å². The average Bonchev–Trinajstić information content (AvgIpc) is 2.90. The van der Waals surface area contributed by atoms with E-state index in [1.807, 2.05) is 31.6 Å². The molecule has 0 spiro atoms. The standard InChI is InChI=1S/C16H23N3O/c1-4-8-17-15(16-18-9-10-19(16)2)12-13-6-5-7-14(11-13)20-3/h5-7,9-11,15,17H,4,8,12H2,1-3H3. The smallest absolute Gasteiger partial charge is 0.125 e. The van der Waals surface area contributed by atoms with Gasteiger partial charge in [0.2, 0.25) is 0 Å². The molecular formula is C16H23N3O. The molecule has 0 bridgehead atoms. The molecule has 0 aliphatic carbocycles. The van der Waals surface area contributed by atoms with Gasteiger partial charge in [-0.15, -0.1) is 0 Å². The van der Waals surface area contributed by atoms with E-state index in [4.69, 9.17) is 4.74 Å². The maximum absolute atomic E-state index is 5.29. The Hall–Kier alpha value is -1.81. The summed E-state index contributed by atoms with van der Waals surface area (Å²) in [5, 5.41) is 3.57. The topological polar surface area (TPSA) is 39.1 Å². The van der Waals surface area contributed by atoms with Gasteiger partial charge in [-0.2, -0.15) is 0 Å². The van der Waals surface area contributed by atoms with Crippen molar-refractivity contribution < 1.29 is 4.74 Å². The number of rotatable bonds is 7. The first-order chi connectivity index (χ1) is 9.74. The Morgan fingerprint density at radius 2 is 2.25 bits per heavy atom. The maximum atomic E-state index is 5.29. The number of nitrogens with zero attached hydrogens (tertiary/aromatic N) is 2. The van der Waals surface area contributed by atoms with Crippen LogP contribution in [0.4, 0.5) is 0 Å². The zero-order valence-electron chi connectivity index (χ0n) is 12.5. The molecular weight excluding hydrogens is 250 g/mol. The molecule has 0 saturated heterocycles. The number of aromatic nitrogens is 2. The third-order valence-corrected chi connectivity index (χ3v) is 3.38. The molecule has 2 rings (SSSR count). The van der Waals surface area contributed by atoms with Crippen molar-refractivity contribution >= 4 is 0 Å². The van der Waals surface area contributed by atoms with Gasteiger partial charge in [0, 0.05) is 19.4 Å². The van der Waals surface area contributed by atoms with Crippen LogP contribution >= 0.6 is 0 Å². The summed E-state index contributed by atoms with van der Waals surface area (Å²) in [7, 11) is 3.74. The van der Waals surface area contributed by atoms with Crippen LogP contribution in [0, 0.1) is 0 Å². The zero-order valence-corrected chi connectivity index (χ0v) is 12.5. The van der Waals surface area contributed by atoms with Crippen molar-refractivity contribution in [2.45, 2.75) is 25.8 Å². The summed E-state index contributed by atoms with van der Waals surface area (Å²) in [5.74, 6) is 1.97. The van der Waals surface area contributed by atoms with Gasteiger partial charge < -0.3 is 14.6 Å². The third kappa shape index (κ3) is 3.61. The lowest BCUT2D eigenvalue weighted by molar-refractivity contribution is 0.413. The summed E-state index contributed by atoms with van der Waals surface area (Å²) >= 11 is 0. The van der Waals surface area contributed by atoms with Gasteiger partial charge in [-0.1, -0.05) is 19.1 Å². The zero-order chi connectivity index (χ0) is 14.4. The summed E-state index contributed by atoms with van der Waals surface area (Å²) in [5.41, 5.74) is 1.25. The van der Waals surface area contributed by atoms with Gasteiger partial charge in [-0.25, -0.2) is 4.98 Å². The summed E-state index contributed by atoms with van der Waals surface area (Å²) in [6.07, 6.45) is 5.85. The number of hydrogen-bond donors (Lipinski definition) is 1. The van der Waals surface area contributed by atoms with E-state index in [-0.39, 0.29) is 6.04 Å². The molecule has 20 heavy (non-hydrogen) atoms. The van der Waals surface area contributed by atoms with Gasteiger partial charge >= 0.3 is 0 Å². The van der Waals surface area contributed by atoms with E-state index in [9.17, 15) is 0 Å². The molecule has 0 fully saturated rings. The largest absolute Gasteiger partial charge is 0.497 e. The number of nitrogens with one attached hydrogen (secondary N) is 1. The van der Waals surface area contributed by atoms with Crippen molar-refractivity contribution in [2.24, 2.45) is 7.05 Å². The number of benzene rings is 1. The van der Waals surface area contributed by atoms with Crippen molar-refractivity contribution in [3.63, 3.8) is 0 Å². The van der Waals surface area contributed by atoms with Gasteiger partial charge in [0.15, 0.2) is 0 Å². The quantitative estimate of drug-likeness (QED) is 0.843. The van der Waals surface area contributed by atoms with Crippen LogP contribution < -0.4 is 10.1 Å². The van der Waals surface area contributed by atoms with Gasteiger partial charge in [0.05, 0.1) is 13.2 Å². The van der Waals surface area contributed by atoms with E-state index in [0.717, 1.165) is 31.0 Å². The van der Waals surface area contributed by atoms with Crippen LogP contribution in [0.2, 0.25) is 0 Å². The van der Waals surface area contributed by atoms with Gasteiger partial charge in [0.25, 0.3) is 0 Å². The molecule has 0 saturated carbocycles. The highest BCUT2D eigenvalue weighted by Crippen LogP contribution is 2.20. The van der Waals surface area contributed by atoms with Crippen LogP contribution in [0.15, 0.2) is 36.7 Å². The normalized spacial score (nSPS) is 12.3. The summed E-state index contributed by atoms with van der Waals surface area (Å²) in [6.45, 7) is 3.16. The molecule has 4 heteroatoms. The number of aryl methyl sites for hydroxylation is 1. The number of methoxy groups -OCH3 is 1. The Balaban J connectivity index is 2.17. The molecule has 0 amide bonds. The molecule has 0 aliphatic rings. The fourth-order valence-electron chi connectivity index (χ4n) is 2.32. The van der Waals surface area contributed by atoms with Crippen molar-refractivity contribution in [3.05, 3.63) is 48.0 Å². The molecule has 4 nitrogen and oxygen atoms in total. The third-order valence-electron chi connectivity index (χ3n) is 3.38. The Morgan fingerprint density at radius 3 is 2.90 bits per heavy atom. The van der Waals surface area contributed by atoms with Crippen molar-refractivity contribution in [1.29, 1.82) is 0 Å². The van der Waals surface area contributed by atoms with Crippen LogP contribution in [-0.4, -0.2) is 23.2 Å². The van der Waals surface area contributed by atoms with Crippen LogP contribution in [0.25, 0.3) is 0 Å². The monoisotopic (exact) mass is 273 g/mol. The fraction of sp³-hybridized carbons (Fsp3) is 0.438. The van der Waals surface area contributed by atoms with E-state index in [1.165, 1.54) is 5.56 Å². The fourth-order valence-corrected chi connectivity index (χ4v) is 2.32. The number of hydrogen-bond acceptors (Lipinski definition) is 3. The molecule has 0 radical (unpaired) electrons. The lowest BCUT2D eigenvalue weighted by Crippen LogP contribution is -2.26. The minimum absolute atomic E-state index is 0.224.